The number of carbonyl (C=O) groups excluding carboxylic acids is 1. The zero-order chi connectivity index (χ0) is 22.9. The van der Waals surface area contributed by atoms with E-state index in [2.05, 4.69) is 25.8 Å². The lowest BCUT2D eigenvalue weighted by atomic mass is 9.72. The predicted molar refractivity (Wildman–Crippen MR) is 127 cm³/mol. The normalized spacial score (nSPS) is 19.1. The summed E-state index contributed by atoms with van der Waals surface area (Å²) in [5.74, 6) is 1.03. The zero-order valence-corrected chi connectivity index (χ0v) is 19.9. The first-order chi connectivity index (χ1) is 15.3. The molecule has 0 atom stereocenters. The van der Waals surface area contributed by atoms with Gasteiger partial charge in [0, 0.05) is 10.9 Å². The van der Waals surface area contributed by atoms with Crippen molar-refractivity contribution in [2.75, 3.05) is 7.11 Å². The smallest absolute Gasteiger partial charge is 0.326 e. The molecule has 1 aromatic carbocycles. The standard InChI is InChI=1S/C25H30N2O4S/c1-25(2,3)17-7-11-19(12-8-17)31-21(28)13-27-15-26-23-22(24(27)29)20(14-32-23)16-5-9-18(30-4)10-6-16/h5-6,9-10,14-15,17,19H,7-8,11-13H2,1-4H3. The monoisotopic (exact) mass is 454 g/mol. The number of fused-ring (bicyclic) bond motifs is 1. The van der Waals surface area contributed by atoms with Crippen LogP contribution in [0, 0.1) is 11.3 Å². The minimum atomic E-state index is -0.381. The van der Waals surface area contributed by atoms with Gasteiger partial charge >= 0.3 is 5.97 Å². The van der Waals surface area contributed by atoms with Crippen LogP contribution in [0.5, 0.6) is 5.75 Å². The van der Waals surface area contributed by atoms with Crippen LogP contribution in [-0.2, 0) is 16.1 Å². The summed E-state index contributed by atoms with van der Waals surface area (Å²) < 4.78 is 12.3. The Bertz CT molecular complexity index is 1150. The third-order valence-corrected chi connectivity index (χ3v) is 7.34. The maximum Gasteiger partial charge on any atom is 0.326 e. The van der Waals surface area contributed by atoms with Crippen LogP contribution in [0.1, 0.15) is 46.5 Å². The first-order valence-electron chi connectivity index (χ1n) is 11.1. The summed E-state index contributed by atoms with van der Waals surface area (Å²) in [5, 5.41) is 2.46. The maximum absolute atomic E-state index is 13.2. The highest BCUT2D eigenvalue weighted by molar-refractivity contribution is 7.17. The number of carbonyl (C=O) groups is 1. The molecule has 4 rings (SSSR count). The molecule has 0 amide bonds. The Morgan fingerprint density at radius 3 is 2.47 bits per heavy atom. The summed E-state index contributed by atoms with van der Waals surface area (Å²) in [7, 11) is 1.62. The van der Waals surface area contributed by atoms with E-state index >= 15 is 0 Å². The number of esters is 1. The van der Waals surface area contributed by atoms with E-state index in [9.17, 15) is 9.59 Å². The van der Waals surface area contributed by atoms with Gasteiger partial charge in [0.05, 0.1) is 18.8 Å². The van der Waals surface area contributed by atoms with E-state index in [4.69, 9.17) is 9.47 Å². The molecule has 0 N–H and O–H groups in total. The first kappa shape index (κ1) is 22.5. The second kappa shape index (κ2) is 9.06. The number of methoxy groups -OCH3 is 1. The van der Waals surface area contributed by atoms with Gasteiger partial charge in [-0.15, -0.1) is 11.3 Å². The van der Waals surface area contributed by atoms with Crippen LogP contribution in [0.15, 0.2) is 40.8 Å². The van der Waals surface area contributed by atoms with E-state index in [0.717, 1.165) is 42.6 Å². The summed E-state index contributed by atoms with van der Waals surface area (Å²) in [6.07, 6.45) is 5.27. The Kier molecular flexibility index (Phi) is 6.38. The van der Waals surface area contributed by atoms with E-state index < -0.39 is 0 Å². The van der Waals surface area contributed by atoms with Crippen molar-refractivity contribution in [1.82, 2.24) is 9.55 Å². The van der Waals surface area contributed by atoms with E-state index in [-0.39, 0.29) is 29.6 Å². The van der Waals surface area contributed by atoms with Gasteiger partial charge in [0.25, 0.3) is 5.56 Å². The molecule has 6 nitrogen and oxygen atoms in total. The fraction of sp³-hybridized carbons (Fsp3) is 0.480. The lowest BCUT2D eigenvalue weighted by Crippen LogP contribution is -2.32. The Hall–Kier alpha value is -2.67. The van der Waals surface area contributed by atoms with Gasteiger partial charge in [-0.05, 0) is 54.7 Å². The topological polar surface area (TPSA) is 70.4 Å². The van der Waals surface area contributed by atoms with Gasteiger partial charge in [0.1, 0.15) is 23.2 Å². The van der Waals surface area contributed by atoms with Crippen molar-refractivity contribution in [1.29, 1.82) is 0 Å². The Balaban J connectivity index is 1.48. The van der Waals surface area contributed by atoms with Crippen LogP contribution in [0.3, 0.4) is 0 Å². The van der Waals surface area contributed by atoms with Gasteiger partial charge < -0.3 is 9.47 Å². The SMILES string of the molecule is COc1ccc(-c2csc3ncn(CC(=O)OC4CCC(C(C)(C)C)CC4)c(=O)c23)cc1. The van der Waals surface area contributed by atoms with Crippen molar-refractivity contribution in [3.8, 4) is 16.9 Å². The van der Waals surface area contributed by atoms with Crippen LogP contribution in [0.2, 0.25) is 0 Å². The van der Waals surface area contributed by atoms with E-state index in [1.54, 1.807) is 7.11 Å². The molecule has 1 saturated carbocycles. The number of hydrogen-bond donors (Lipinski definition) is 0. The van der Waals surface area contributed by atoms with Crippen LogP contribution in [0.4, 0.5) is 0 Å². The van der Waals surface area contributed by atoms with E-state index in [0.29, 0.717) is 16.1 Å². The molecule has 0 bridgehead atoms. The minimum Gasteiger partial charge on any atom is -0.497 e. The average Bonchev–Trinajstić information content (AvgIpc) is 3.20. The molecule has 0 saturated heterocycles. The van der Waals surface area contributed by atoms with Crippen molar-refractivity contribution >= 4 is 27.5 Å². The summed E-state index contributed by atoms with van der Waals surface area (Å²) in [4.78, 5) is 30.8. The molecule has 7 heteroatoms. The second-order valence-corrected chi connectivity index (χ2v) is 10.4. The van der Waals surface area contributed by atoms with Crippen LogP contribution < -0.4 is 10.3 Å². The molecule has 0 spiro atoms. The van der Waals surface area contributed by atoms with E-state index in [1.807, 2.05) is 29.6 Å². The van der Waals surface area contributed by atoms with Crippen LogP contribution >= 0.6 is 11.3 Å². The molecule has 2 heterocycles. The highest BCUT2D eigenvalue weighted by Crippen LogP contribution is 2.38. The number of benzene rings is 1. The maximum atomic E-state index is 13.2. The quantitative estimate of drug-likeness (QED) is 0.491. The molecule has 32 heavy (non-hydrogen) atoms. The fourth-order valence-corrected chi connectivity index (χ4v) is 5.38. The van der Waals surface area contributed by atoms with Gasteiger partial charge in [-0.3, -0.25) is 14.2 Å². The van der Waals surface area contributed by atoms with Crippen LogP contribution in [-0.4, -0.2) is 28.7 Å². The largest absolute Gasteiger partial charge is 0.497 e. The lowest BCUT2D eigenvalue weighted by molar-refractivity contribution is -0.152. The minimum absolute atomic E-state index is 0.0653. The molecule has 2 aromatic heterocycles. The van der Waals surface area contributed by atoms with Gasteiger partial charge in [-0.2, -0.15) is 0 Å². The number of nitrogens with zero attached hydrogens (tertiary/aromatic N) is 2. The van der Waals surface area contributed by atoms with E-state index in [1.165, 1.54) is 22.2 Å². The zero-order valence-electron chi connectivity index (χ0n) is 19.1. The summed E-state index contributed by atoms with van der Waals surface area (Å²) in [5.41, 5.74) is 1.78. The molecule has 1 aliphatic carbocycles. The Morgan fingerprint density at radius 1 is 1.16 bits per heavy atom. The third kappa shape index (κ3) is 4.72. The number of hydrogen-bond acceptors (Lipinski definition) is 6. The third-order valence-electron chi connectivity index (χ3n) is 6.46. The van der Waals surface area contributed by atoms with Gasteiger partial charge in [0.15, 0.2) is 0 Å². The van der Waals surface area contributed by atoms with Crippen molar-refractivity contribution < 1.29 is 14.3 Å². The predicted octanol–water partition coefficient (Wildman–Crippen LogP) is 5.28. The highest BCUT2D eigenvalue weighted by atomic mass is 32.1. The fourth-order valence-electron chi connectivity index (χ4n) is 4.47. The molecule has 0 unspecified atom stereocenters. The van der Waals surface area contributed by atoms with Crippen LogP contribution in [0.25, 0.3) is 21.3 Å². The summed E-state index contributed by atoms with van der Waals surface area (Å²) in [6.45, 7) is 6.68. The molecule has 1 fully saturated rings. The molecular weight excluding hydrogens is 424 g/mol. The number of ether oxygens (including phenoxy) is 2. The molecule has 170 valence electrons. The molecule has 0 radical (unpaired) electrons. The molecule has 0 aliphatic heterocycles. The van der Waals surface area contributed by atoms with Gasteiger partial charge in [-0.25, -0.2) is 4.98 Å². The highest BCUT2D eigenvalue weighted by Gasteiger charge is 2.31. The van der Waals surface area contributed by atoms with Crippen molar-refractivity contribution in [3.05, 3.63) is 46.3 Å². The van der Waals surface area contributed by atoms with Gasteiger partial charge in [-0.1, -0.05) is 32.9 Å². The van der Waals surface area contributed by atoms with Crippen molar-refractivity contribution in [3.63, 3.8) is 0 Å². The molecule has 3 aromatic rings. The summed E-state index contributed by atoms with van der Waals surface area (Å²) >= 11 is 1.42. The Labute approximate surface area is 192 Å². The number of aromatic nitrogens is 2. The second-order valence-electron chi connectivity index (χ2n) is 9.57. The van der Waals surface area contributed by atoms with Gasteiger partial charge in [0.2, 0.25) is 0 Å². The number of thiophene rings is 1. The average molecular weight is 455 g/mol. The first-order valence-corrected chi connectivity index (χ1v) is 11.9. The number of rotatable bonds is 5. The lowest BCUT2D eigenvalue weighted by Gasteiger charge is -2.36. The Morgan fingerprint density at radius 2 is 1.84 bits per heavy atom. The molecule has 1 aliphatic rings. The molecular formula is C25H30N2O4S. The summed E-state index contributed by atoms with van der Waals surface area (Å²) in [6, 6.07) is 7.55. The van der Waals surface area contributed by atoms with Crippen molar-refractivity contribution in [2.45, 2.75) is 59.1 Å². The van der Waals surface area contributed by atoms with Crippen molar-refractivity contribution in [2.24, 2.45) is 11.3 Å².